The van der Waals surface area contributed by atoms with Crippen molar-refractivity contribution in [1.82, 2.24) is 0 Å². The monoisotopic (exact) mass is 1940 g/mol. The fourth-order valence-corrected chi connectivity index (χ4v) is 11.3. The normalized spacial score (nSPS) is 12.3. The maximum absolute atomic E-state index is 10.8. The molecule has 0 aliphatic rings. The lowest BCUT2D eigenvalue weighted by Crippen LogP contribution is -2.32. The maximum Gasteiger partial charge on any atom is 0.310 e. The molecule has 0 aromatic heterocycles. The molecule has 0 aliphatic carbocycles. The SMILES string of the molecule is C=C(COCCOCCOCCC)c1ccc(C(=C)COCCOCCOCCC)cc1.C=C(COCCOCCOCCC)c1ccc(C(C)=COCCOCCOCCC)cc1.CC(=O)OC(C)=O.CCCOCCOCCOC=C(C)c1ccc(C(C)=COCCOCCOCCC)cc1.CCCOCCOCCOCC(C)(O)c1ccc(CC(C)(O)OCCOCCOCCC)cc1. The van der Waals surface area contributed by atoms with E-state index in [0.29, 0.717) is 238 Å². The van der Waals surface area contributed by atoms with Gasteiger partial charge in [0, 0.05) is 73.1 Å². The van der Waals surface area contributed by atoms with Gasteiger partial charge in [0.2, 0.25) is 0 Å². The minimum Gasteiger partial charge on any atom is -0.498 e. The van der Waals surface area contributed by atoms with E-state index in [0.717, 1.165) is 182 Å². The number of ether oxygens (including phenoxy) is 25. The molecule has 29 heteroatoms. The summed E-state index contributed by atoms with van der Waals surface area (Å²) in [6, 6.07) is 32.2. The van der Waals surface area contributed by atoms with Crippen molar-refractivity contribution in [3.63, 3.8) is 0 Å². The van der Waals surface area contributed by atoms with Crippen LogP contribution in [-0.2, 0) is 140 Å². The van der Waals surface area contributed by atoms with Gasteiger partial charge in [-0.2, -0.15) is 0 Å². The molecule has 0 spiro atoms. The van der Waals surface area contributed by atoms with Crippen molar-refractivity contribution in [3.8, 4) is 0 Å². The molecule has 2 N–H and O–H groups in total. The molecule has 0 saturated heterocycles. The first kappa shape index (κ1) is 130. The van der Waals surface area contributed by atoms with Gasteiger partial charge in [-0.15, -0.1) is 0 Å². The first-order valence-electron chi connectivity index (χ1n) is 49.1. The van der Waals surface area contributed by atoms with Gasteiger partial charge in [-0.25, -0.2) is 0 Å². The summed E-state index contributed by atoms with van der Waals surface area (Å²) in [5.41, 5.74) is 13.0. The third-order valence-corrected chi connectivity index (χ3v) is 18.6. The van der Waals surface area contributed by atoms with Crippen molar-refractivity contribution in [2.75, 3.05) is 291 Å². The van der Waals surface area contributed by atoms with Gasteiger partial charge in [0.15, 0.2) is 5.79 Å². The molecular weight excluding hydrogens is 1760 g/mol. The summed E-state index contributed by atoms with van der Waals surface area (Å²) in [5.74, 6) is -2.43. The number of carbonyl (C=O) groups is 2. The van der Waals surface area contributed by atoms with Gasteiger partial charge < -0.3 is 129 Å². The van der Waals surface area contributed by atoms with E-state index in [2.05, 4.69) is 128 Å². The Morgan fingerprint density at radius 1 is 0.263 bits per heavy atom. The summed E-state index contributed by atoms with van der Waals surface area (Å²) < 4.78 is 135. The van der Waals surface area contributed by atoms with Crippen LogP contribution in [0.5, 0.6) is 0 Å². The van der Waals surface area contributed by atoms with Crippen LogP contribution in [0.3, 0.4) is 0 Å². The van der Waals surface area contributed by atoms with Crippen molar-refractivity contribution in [2.45, 2.75) is 173 Å². The van der Waals surface area contributed by atoms with Crippen LogP contribution in [0.25, 0.3) is 33.4 Å². The van der Waals surface area contributed by atoms with Crippen LogP contribution in [0, 0.1) is 0 Å². The average molecular weight is 1940 g/mol. The first-order valence-corrected chi connectivity index (χ1v) is 49.1. The average Bonchev–Trinajstić information content (AvgIpc) is 0.830. The van der Waals surface area contributed by atoms with Crippen molar-refractivity contribution < 1.29 is 138 Å². The predicted molar refractivity (Wildman–Crippen MR) is 543 cm³/mol. The number of hydrogen-bond donors (Lipinski definition) is 2. The standard InChI is InChI=1S/C26H46O8.3C26H42O6.C4H6O3/c1-5-11-29-13-15-31-17-18-33-22-25(3,27)24-9-7-23(8-10-24)21-26(4,28)34-20-19-32-16-14-30-12-6-2;3*1-5-11-27-13-15-29-17-19-31-21-23(3)25-7-9-26(10-8-25)24(4)22-32-20-18-30-16-14-28-12-6-2;1-3(5)7-4(2)6/h7-10,27-28H,5-6,11-22H2,1-4H3;7-10,21-22H,5-6,11-20H2,1-4H3;7-10,22H,3,5-6,11-21H2,1-2,4H3;7-10H,3-6,11-22H2,1-2H3;1-2H3. The molecule has 0 radical (unpaired) electrons. The zero-order valence-electron chi connectivity index (χ0n) is 86.5. The third kappa shape index (κ3) is 80.2. The molecule has 0 saturated carbocycles. The molecule has 0 bridgehead atoms. The zero-order chi connectivity index (χ0) is 101. The first-order chi connectivity index (χ1) is 66.5. The Bertz CT molecular complexity index is 3430. The molecule has 0 amide bonds. The molecule has 784 valence electrons. The molecule has 29 nitrogen and oxygen atoms in total. The van der Waals surface area contributed by atoms with Crippen molar-refractivity contribution in [2.24, 2.45) is 0 Å². The van der Waals surface area contributed by atoms with Gasteiger partial charge in [0.05, 0.1) is 237 Å². The second-order valence-corrected chi connectivity index (χ2v) is 31.8. The molecule has 0 heterocycles. The largest absolute Gasteiger partial charge is 0.498 e. The smallest absolute Gasteiger partial charge is 0.310 e. The number of allylic oxidation sites excluding steroid dienone is 3. The predicted octanol–water partition coefficient (Wildman–Crippen LogP) is 18.1. The molecule has 0 aliphatic heterocycles. The Labute approximate surface area is 823 Å². The number of aliphatic hydroxyl groups is 2. The van der Waals surface area contributed by atoms with Crippen LogP contribution in [-0.4, -0.2) is 319 Å². The summed E-state index contributed by atoms with van der Waals surface area (Å²) in [5, 5.41) is 21.3. The van der Waals surface area contributed by atoms with Gasteiger partial charge >= 0.3 is 11.9 Å². The van der Waals surface area contributed by atoms with Gasteiger partial charge in [-0.1, -0.05) is 172 Å². The summed E-state index contributed by atoms with van der Waals surface area (Å²) in [7, 11) is 0. The summed E-state index contributed by atoms with van der Waals surface area (Å²) >= 11 is 0. The maximum atomic E-state index is 10.8. The Hall–Kier alpha value is -7.06. The highest BCUT2D eigenvalue weighted by Gasteiger charge is 2.26. The van der Waals surface area contributed by atoms with E-state index >= 15 is 0 Å². The van der Waals surface area contributed by atoms with Crippen LogP contribution in [0.4, 0.5) is 0 Å². The highest BCUT2D eigenvalue weighted by molar-refractivity contribution is 5.82. The zero-order valence-corrected chi connectivity index (χ0v) is 86.5. The third-order valence-electron chi connectivity index (χ3n) is 18.6. The summed E-state index contributed by atoms with van der Waals surface area (Å²) in [6.07, 6.45) is 13.8. The van der Waals surface area contributed by atoms with E-state index in [9.17, 15) is 19.8 Å². The molecular formula is C108H178O29. The number of carbonyl (C=O) groups excluding carboxylic acids is 2. The summed E-state index contributed by atoms with van der Waals surface area (Å²) in [4.78, 5) is 19.6. The number of hydrogen-bond acceptors (Lipinski definition) is 29. The van der Waals surface area contributed by atoms with Gasteiger partial charge in [-0.05, 0) is 164 Å². The molecule has 2 unspecified atom stereocenters. The van der Waals surface area contributed by atoms with Crippen LogP contribution in [0.15, 0.2) is 136 Å². The van der Waals surface area contributed by atoms with E-state index in [-0.39, 0.29) is 6.61 Å². The molecule has 4 rings (SSSR count). The Morgan fingerprint density at radius 2 is 0.460 bits per heavy atom. The second-order valence-electron chi connectivity index (χ2n) is 31.8. The van der Waals surface area contributed by atoms with Gasteiger partial charge in [0.1, 0.15) is 25.4 Å². The molecule has 2 atom stereocenters. The van der Waals surface area contributed by atoms with Crippen LogP contribution >= 0.6 is 0 Å². The summed E-state index contributed by atoms with van der Waals surface area (Å²) in [6.45, 7) is 66.2. The lowest BCUT2D eigenvalue weighted by Gasteiger charge is -2.26. The quantitative estimate of drug-likeness (QED) is 0.0136. The van der Waals surface area contributed by atoms with E-state index in [1.165, 1.54) is 13.8 Å². The lowest BCUT2D eigenvalue weighted by molar-refractivity contribution is -0.195. The fourth-order valence-electron chi connectivity index (χ4n) is 11.3. The van der Waals surface area contributed by atoms with E-state index < -0.39 is 23.3 Å². The topological polar surface area (TPSA) is 305 Å². The van der Waals surface area contributed by atoms with Crippen LogP contribution < -0.4 is 0 Å². The minimum atomic E-state index is -1.31. The van der Waals surface area contributed by atoms with Crippen molar-refractivity contribution >= 4 is 45.4 Å². The van der Waals surface area contributed by atoms with Gasteiger partial charge in [-0.3, -0.25) is 9.59 Å². The number of esters is 2. The lowest BCUT2D eigenvalue weighted by atomic mass is 9.94. The van der Waals surface area contributed by atoms with Crippen molar-refractivity contribution in [1.29, 1.82) is 0 Å². The van der Waals surface area contributed by atoms with Gasteiger partial charge in [0.25, 0.3) is 0 Å². The minimum absolute atomic E-state index is 0.159. The van der Waals surface area contributed by atoms with Crippen LogP contribution in [0.1, 0.15) is 200 Å². The molecule has 137 heavy (non-hydrogen) atoms. The Morgan fingerprint density at radius 3 is 0.679 bits per heavy atom. The molecule has 0 fully saturated rings. The van der Waals surface area contributed by atoms with Crippen LogP contribution in [0.2, 0.25) is 0 Å². The van der Waals surface area contributed by atoms with E-state index in [1.54, 1.807) is 32.6 Å². The molecule has 4 aromatic carbocycles. The number of benzene rings is 4. The fraction of sp³-hybridized carbons (Fsp3) is 0.648. The Balaban J connectivity index is 0.00000176. The highest BCUT2D eigenvalue weighted by atomic mass is 16.6. The highest BCUT2D eigenvalue weighted by Crippen LogP contribution is 2.26. The second kappa shape index (κ2) is 93.9. The molecule has 4 aromatic rings. The van der Waals surface area contributed by atoms with E-state index in [1.807, 2.05) is 69.3 Å². The number of rotatable bonds is 85. The van der Waals surface area contributed by atoms with Crippen molar-refractivity contribution in [3.05, 3.63) is 180 Å². The van der Waals surface area contributed by atoms with E-state index in [4.69, 9.17) is 114 Å². The Kier molecular flexibility index (Phi) is 89.0.